The first-order valence-electron chi connectivity index (χ1n) is 7.04. The Labute approximate surface area is 120 Å². The summed E-state index contributed by atoms with van der Waals surface area (Å²) in [5.41, 5.74) is 0. The summed E-state index contributed by atoms with van der Waals surface area (Å²) in [6.45, 7) is 0. The molecule has 0 saturated heterocycles. The summed E-state index contributed by atoms with van der Waals surface area (Å²) in [6.07, 6.45) is -10.6. The highest BCUT2D eigenvalue weighted by Crippen LogP contribution is 2.25. The van der Waals surface area contributed by atoms with E-state index in [0.717, 1.165) is 6.42 Å². The molecule has 2 atom stereocenters. The standard InChI is InChI=1S/C13H22F6O2/c14-12(15,16)10(20)8-6-4-2-1-3-5-7-9-11(21)13(17,18)19/h10-11,20-21H,1-9H2. The van der Waals surface area contributed by atoms with E-state index < -0.39 is 24.6 Å². The zero-order valence-corrected chi connectivity index (χ0v) is 11.7. The molecule has 0 aliphatic rings. The molecule has 0 radical (unpaired) electrons. The van der Waals surface area contributed by atoms with Crippen LogP contribution in [-0.4, -0.2) is 34.8 Å². The summed E-state index contributed by atoms with van der Waals surface area (Å²) in [5.74, 6) is 0. The lowest BCUT2D eigenvalue weighted by Gasteiger charge is -2.14. The predicted octanol–water partition coefficient (Wildman–Crippen LogP) is 4.34. The molecule has 0 aliphatic heterocycles. The van der Waals surface area contributed by atoms with Gasteiger partial charge in [0, 0.05) is 0 Å². The minimum atomic E-state index is -4.57. The van der Waals surface area contributed by atoms with Gasteiger partial charge in [-0.15, -0.1) is 0 Å². The molecule has 2 unspecified atom stereocenters. The van der Waals surface area contributed by atoms with Crippen LogP contribution in [0.2, 0.25) is 0 Å². The average molecular weight is 324 g/mol. The smallest absolute Gasteiger partial charge is 0.384 e. The number of hydrogen-bond acceptors (Lipinski definition) is 2. The van der Waals surface area contributed by atoms with Gasteiger partial charge in [-0.2, -0.15) is 26.3 Å². The molecule has 0 rings (SSSR count). The van der Waals surface area contributed by atoms with E-state index in [-0.39, 0.29) is 25.7 Å². The van der Waals surface area contributed by atoms with Crippen LogP contribution in [0.3, 0.4) is 0 Å². The highest BCUT2D eigenvalue weighted by atomic mass is 19.4. The summed E-state index contributed by atoms with van der Waals surface area (Å²) >= 11 is 0. The van der Waals surface area contributed by atoms with Crippen LogP contribution in [-0.2, 0) is 0 Å². The van der Waals surface area contributed by atoms with Crippen LogP contribution < -0.4 is 0 Å². The lowest BCUT2D eigenvalue weighted by Crippen LogP contribution is -2.28. The maximum Gasteiger partial charge on any atom is 0.414 e. The van der Waals surface area contributed by atoms with Crippen molar-refractivity contribution >= 4 is 0 Å². The Balaban J connectivity index is 3.38. The molecule has 128 valence electrons. The normalized spacial score (nSPS) is 16.0. The van der Waals surface area contributed by atoms with Gasteiger partial charge < -0.3 is 10.2 Å². The van der Waals surface area contributed by atoms with Gasteiger partial charge in [0.25, 0.3) is 0 Å². The molecule has 0 heterocycles. The van der Waals surface area contributed by atoms with Crippen molar-refractivity contribution in [3.63, 3.8) is 0 Å². The van der Waals surface area contributed by atoms with Gasteiger partial charge in [-0.25, -0.2) is 0 Å². The van der Waals surface area contributed by atoms with E-state index in [0.29, 0.717) is 25.7 Å². The van der Waals surface area contributed by atoms with Crippen molar-refractivity contribution in [2.24, 2.45) is 0 Å². The lowest BCUT2D eigenvalue weighted by molar-refractivity contribution is -0.205. The van der Waals surface area contributed by atoms with Crippen molar-refractivity contribution in [2.45, 2.75) is 82.3 Å². The van der Waals surface area contributed by atoms with Crippen molar-refractivity contribution in [2.75, 3.05) is 0 Å². The Morgan fingerprint density at radius 2 is 0.762 bits per heavy atom. The first kappa shape index (κ1) is 20.5. The zero-order valence-electron chi connectivity index (χ0n) is 11.7. The second-order valence-electron chi connectivity index (χ2n) is 5.17. The third kappa shape index (κ3) is 10.8. The molecule has 0 aromatic heterocycles. The maximum absolute atomic E-state index is 12.0. The van der Waals surface area contributed by atoms with Crippen molar-refractivity contribution in [3.8, 4) is 0 Å². The summed E-state index contributed by atoms with van der Waals surface area (Å²) < 4.78 is 71.8. The summed E-state index contributed by atoms with van der Waals surface area (Å²) in [4.78, 5) is 0. The minimum absolute atomic E-state index is 0.271. The third-order valence-electron chi connectivity index (χ3n) is 3.21. The lowest BCUT2D eigenvalue weighted by atomic mass is 10.0. The predicted molar refractivity (Wildman–Crippen MR) is 65.7 cm³/mol. The molecule has 2 N–H and O–H groups in total. The highest BCUT2D eigenvalue weighted by molar-refractivity contribution is 4.66. The van der Waals surface area contributed by atoms with E-state index >= 15 is 0 Å². The number of unbranched alkanes of at least 4 members (excludes halogenated alkanes) is 6. The Hall–Kier alpha value is -0.500. The number of aliphatic hydroxyl groups excluding tert-OH is 2. The molecule has 0 aromatic rings. The van der Waals surface area contributed by atoms with Crippen LogP contribution in [0, 0.1) is 0 Å². The molecule has 0 aliphatic carbocycles. The van der Waals surface area contributed by atoms with E-state index in [1.165, 1.54) is 0 Å². The SMILES string of the molecule is OC(CCCCCCCCCC(O)C(F)(F)F)C(F)(F)F. The van der Waals surface area contributed by atoms with E-state index in [2.05, 4.69) is 0 Å². The molecule has 0 bridgehead atoms. The summed E-state index contributed by atoms with van der Waals surface area (Å²) in [5, 5.41) is 17.5. The first-order chi connectivity index (χ1) is 9.55. The van der Waals surface area contributed by atoms with Crippen molar-refractivity contribution < 1.29 is 36.6 Å². The Kier molecular flexibility index (Phi) is 9.28. The highest BCUT2D eigenvalue weighted by Gasteiger charge is 2.37. The number of hydrogen-bond donors (Lipinski definition) is 2. The summed E-state index contributed by atoms with van der Waals surface area (Å²) in [6, 6.07) is 0. The Morgan fingerprint density at radius 3 is 1.00 bits per heavy atom. The molecular formula is C13H22F6O2. The maximum atomic E-state index is 12.0. The van der Waals surface area contributed by atoms with Gasteiger partial charge in [0.05, 0.1) is 0 Å². The van der Waals surface area contributed by atoms with Crippen molar-refractivity contribution in [3.05, 3.63) is 0 Å². The monoisotopic (exact) mass is 324 g/mol. The molecule has 0 saturated carbocycles. The molecule has 0 spiro atoms. The Bertz CT molecular complexity index is 238. The van der Waals surface area contributed by atoms with Gasteiger partial charge in [0.15, 0.2) is 0 Å². The van der Waals surface area contributed by atoms with Gasteiger partial charge in [-0.3, -0.25) is 0 Å². The molecule has 2 nitrogen and oxygen atoms in total. The van der Waals surface area contributed by atoms with Gasteiger partial charge >= 0.3 is 12.4 Å². The molecular weight excluding hydrogens is 302 g/mol. The van der Waals surface area contributed by atoms with Crippen LogP contribution in [0.1, 0.15) is 57.8 Å². The molecule has 21 heavy (non-hydrogen) atoms. The number of aliphatic hydroxyl groups is 2. The van der Waals surface area contributed by atoms with Crippen molar-refractivity contribution in [1.82, 2.24) is 0 Å². The second-order valence-corrected chi connectivity index (χ2v) is 5.17. The van der Waals surface area contributed by atoms with Gasteiger partial charge in [0.1, 0.15) is 12.2 Å². The topological polar surface area (TPSA) is 40.5 Å². The average Bonchev–Trinajstić information content (AvgIpc) is 2.33. The largest absolute Gasteiger partial charge is 0.414 e. The van der Waals surface area contributed by atoms with Gasteiger partial charge in [0.2, 0.25) is 0 Å². The fourth-order valence-electron chi connectivity index (χ4n) is 1.89. The molecule has 0 amide bonds. The summed E-state index contributed by atoms with van der Waals surface area (Å²) in [7, 11) is 0. The fraction of sp³-hybridized carbons (Fsp3) is 1.00. The molecule has 0 fully saturated rings. The third-order valence-corrected chi connectivity index (χ3v) is 3.21. The second kappa shape index (κ2) is 9.50. The first-order valence-corrected chi connectivity index (χ1v) is 7.04. The van der Waals surface area contributed by atoms with E-state index in [1.807, 2.05) is 0 Å². The van der Waals surface area contributed by atoms with Crippen LogP contribution in [0.5, 0.6) is 0 Å². The van der Waals surface area contributed by atoms with E-state index in [4.69, 9.17) is 10.2 Å². The van der Waals surface area contributed by atoms with Crippen LogP contribution in [0.25, 0.3) is 0 Å². The number of alkyl halides is 6. The minimum Gasteiger partial charge on any atom is -0.384 e. The fourth-order valence-corrected chi connectivity index (χ4v) is 1.89. The van der Waals surface area contributed by atoms with Crippen LogP contribution >= 0.6 is 0 Å². The molecule has 0 aromatic carbocycles. The Morgan fingerprint density at radius 1 is 0.524 bits per heavy atom. The quantitative estimate of drug-likeness (QED) is 0.463. The van der Waals surface area contributed by atoms with E-state index in [9.17, 15) is 26.3 Å². The van der Waals surface area contributed by atoms with E-state index in [1.54, 1.807) is 0 Å². The number of rotatable bonds is 10. The van der Waals surface area contributed by atoms with Gasteiger partial charge in [-0.1, -0.05) is 44.9 Å². The van der Waals surface area contributed by atoms with Gasteiger partial charge in [-0.05, 0) is 12.8 Å². The van der Waals surface area contributed by atoms with Crippen LogP contribution in [0.4, 0.5) is 26.3 Å². The molecule has 8 heteroatoms. The van der Waals surface area contributed by atoms with Crippen molar-refractivity contribution in [1.29, 1.82) is 0 Å². The van der Waals surface area contributed by atoms with Crippen LogP contribution in [0.15, 0.2) is 0 Å². The number of halogens is 6. The zero-order chi connectivity index (χ0) is 16.5.